The van der Waals surface area contributed by atoms with Crippen molar-refractivity contribution < 1.29 is 22.6 Å². The summed E-state index contributed by atoms with van der Waals surface area (Å²) in [6, 6.07) is 8.24. The smallest absolute Gasteiger partial charge is 0.240 e. The summed E-state index contributed by atoms with van der Waals surface area (Å²) in [7, 11) is -2.03. The molecule has 0 radical (unpaired) electrons. The zero-order chi connectivity index (χ0) is 23.5. The van der Waals surface area contributed by atoms with E-state index in [9.17, 15) is 13.7 Å². The van der Waals surface area contributed by atoms with E-state index in [0.29, 0.717) is 51.6 Å². The molecule has 1 aliphatic heterocycles. The van der Waals surface area contributed by atoms with Crippen LogP contribution in [0.4, 0.5) is 11.6 Å². The summed E-state index contributed by atoms with van der Waals surface area (Å²) >= 11 is 0. The number of nitriles is 1. The van der Waals surface area contributed by atoms with E-state index < -0.39 is 10.0 Å². The molecule has 0 spiro atoms. The van der Waals surface area contributed by atoms with Crippen molar-refractivity contribution in [3.8, 4) is 11.9 Å². The number of nitrogens with one attached hydrogen (secondary N) is 2. The molecule has 178 valence electrons. The van der Waals surface area contributed by atoms with E-state index in [2.05, 4.69) is 24.9 Å². The second-order valence-corrected chi connectivity index (χ2v) is 8.99. The van der Waals surface area contributed by atoms with E-state index in [-0.39, 0.29) is 22.3 Å². The third-order valence-corrected chi connectivity index (χ3v) is 6.34. The molecular weight excluding hydrogens is 448 g/mol. The Labute approximate surface area is 193 Å². The minimum Gasteiger partial charge on any atom is -0.475 e. The Morgan fingerprint density at radius 1 is 1.21 bits per heavy atom. The minimum absolute atomic E-state index is 0.151. The lowest BCUT2D eigenvalue weighted by Gasteiger charge is -2.26. The molecule has 1 aromatic carbocycles. The number of anilines is 2. The average Bonchev–Trinajstić information content (AvgIpc) is 2.83. The first-order valence-electron chi connectivity index (χ1n) is 10.6. The molecule has 2 heterocycles. The second kappa shape index (κ2) is 12.4. The van der Waals surface area contributed by atoms with Crippen LogP contribution in [-0.4, -0.2) is 83.0 Å². The van der Waals surface area contributed by atoms with Crippen molar-refractivity contribution in [1.29, 1.82) is 5.26 Å². The van der Waals surface area contributed by atoms with Gasteiger partial charge in [0.25, 0.3) is 0 Å². The third-order valence-electron chi connectivity index (χ3n) is 4.86. The summed E-state index contributed by atoms with van der Waals surface area (Å²) in [6.45, 7) is 4.97. The zero-order valence-electron chi connectivity index (χ0n) is 18.5. The molecule has 0 amide bonds. The maximum Gasteiger partial charge on any atom is 0.240 e. The predicted molar refractivity (Wildman–Crippen MR) is 121 cm³/mol. The lowest BCUT2D eigenvalue weighted by atomic mass is 10.3. The Kier molecular flexibility index (Phi) is 9.35. The first kappa shape index (κ1) is 24.8. The van der Waals surface area contributed by atoms with Crippen molar-refractivity contribution in [1.82, 2.24) is 19.6 Å². The Hall–Kier alpha value is -2.82. The summed E-state index contributed by atoms with van der Waals surface area (Å²) in [6.07, 6.45) is 1.98. The lowest BCUT2D eigenvalue weighted by molar-refractivity contribution is 0.0320. The van der Waals surface area contributed by atoms with Gasteiger partial charge in [-0.1, -0.05) is 0 Å². The van der Waals surface area contributed by atoms with Crippen molar-refractivity contribution in [3.05, 3.63) is 36.0 Å². The van der Waals surface area contributed by atoms with Crippen LogP contribution in [-0.2, 0) is 19.5 Å². The fourth-order valence-corrected chi connectivity index (χ4v) is 4.14. The van der Waals surface area contributed by atoms with E-state index in [4.69, 9.17) is 14.2 Å². The molecule has 0 saturated carbocycles. The van der Waals surface area contributed by atoms with Crippen molar-refractivity contribution in [2.75, 3.05) is 65.0 Å². The summed E-state index contributed by atoms with van der Waals surface area (Å²) in [5.74, 6) is 0.436. The van der Waals surface area contributed by atoms with Gasteiger partial charge in [-0.15, -0.1) is 0 Å². The topological polar surface area (TPSA) is 139 Å². The molecular formula is C21H28N6O5S. The van der Waals surface area contributed by atoms with Crippen LogP contribution in [0.2, 0.25) is 0 Å². The van der Waals surface area contributed by atoms with E-state index >= 15 is 0 Å². The van der Waals surface area contributed by atoms with Gasteiger partial charge in [0.2, 0.25) is 21.9 Å². The van der Waals surface area contributed by atoms with Gasteiger partial charge in [0, 0.05) is 45.6 Å². The highest BCUT2D eigenvalue weighted by molar-refractivity contribution is 7.89. The zero-order valence-corrected chi connectivity index (χ0v) is 19.3. The maximum atomic E-state index is 12.3. The molecule has 1 saturated heterocycles. The number of sulfonamides is 1. The van der Waals surface area contributed by atoms with Gasteiger partial charge in [-0.05, 0) is 30.7 Å². The normalized spacial score (nSPS) is 14.5. The number of rotatable bonds is 12. The molecule has 11 nitrogen and oxygen atoms in total. The largest absolute Gasteiger partial charge is 0.475 e. The molecule has 2 N–H and O–H groups in total. The number of methoxy groups -OCH3 is 1. The molecule has 33 heavy (non-hydrogen) atoms. The van der Waals surface area contributed by atoms with Gasteiger partial charge < -0.3 is 19.5 Å². The molecule has 0 aliphatic carbocycles. The summed E-state index contributed by atoms with van der Waals surface area (Å²) in [5.41, 5.74) is 0.834. The molecule has 3 rings (SSSR count). The maximum absolute atomic E-state index is 12.3. The van der Waals surface area contributed by atoms with Gasteiger partial charge in [0.15, 0.2) is 0 Å². The Morgan fingerprint density at radius 3 is 2.67 bits per heavy atom. The molecule has 1 aromatic heterocycles. The van der Waals surface area contributed by atoms with Crippen molar-refractivity contribution in [3.63, 3.8) is 0 Å². The van der Waals surface area contributed by atoms with Crippen molar-refractivity contribution >= 4 is 21.7 Å². The standard InChI is InChI=1S/C21H28N6O5S/c1-30-11-2-7-24-33(28,29)19-5-3-18(4-6-19)25-21-23-16-17(15-22)20(26-21)32-14-10-27-8-12-31-13-9-27/h3-6,16,24H,2,7-14H2,1H3,(H,23,25,26). The van der Waals surface area contributed by atoms with Gasteiger partial charge in [-0.2, -0.15) is 10.2 Å². The fourth-order valence-electron chi connectivity index (χ4n) is 3.06. The molecule has 0 atom stereocenters. The molecule has 1 fully saturated rings. The minimum atomic E-state index is -3.60. The van der Waals surface area contributed by atoms with E-state index in [1.165, 1.54) is 18.3 Å². The molecule has 1 aliphatic rings. The van der Waals surface area contributed by atoms with E-state index in [0.717, 1.165) is 13.1 Å². The average molecular weight is 477 g/mol. The monoisotopic (exact) mass is 476 g/mol. The number of nitrogens with zero attached hydrogens (tertiary/aromatic N) is 4. The van der Waals surface area contributed by atoms with Gasteiger partial charge >= 0.3 is 0 Å². The van der Waals surface area contributed by atoms with Crippen molar-refractivity contribution in [2.24, 2.45) is 0 Å². The van der Waals surface area contributed by atoms with Gasteiger partial charge in [-0.25, -0.2) is 18.1 Å². The fraction of sp³-hybridized carbons (Fsp3) is 0.476. The first-order chi connectivity index (χ1) is 16.0. The number of morpholine rings is 1. The van der Waals surface area contributed by atoms with Crippen LogP contribution >= 0.6 is 0 Å². The van der Waals surface area contributed by atoms with Gasteiger partial charge in [0.1, 0.15) is 18.2 Å². The Morgan fingerprint density at radius 2 is 1.97 bits per heavy atom. The quantitative estimate of drug-likeness (QED) is 0.428. The number of benzene rings is 1. The van der Waals surface area contributed by atoms with Crippen LogP contribution in [0.25, 0.3) is 0 Å². The Bertz CT molecular complexity index is 1040. The van der Waals surface area contributed by atoms with Crippen LogP contribution in [0.5, 0.6) is 5.88 Å². The van der Waals surface area contributed by atoms with E-state index in [1.807, 2.05) is 6.07 Å². The third kappa shape index (κ3) is 7.62. The molecule has 0 bridgehead atoms. The molecule has 2 aromatic rings. The number of ether oxygens (including phenoxy) is 3. The summed E-state index contributed by atoms with van der Waals surface area (Å²) in [4.78, 5) is 10.8. The SMILES string of the molecule is COCCCNS(=O)(=O)c1ccc(Nc2ncc(C#N)c(OCCN3CCOCC3)n2)cc1. The number of aromatic nitrogens is 2. The number of hydrogen-bond acceptors (Lipinski definition) is 10. The van der Waals surface area contributed by atoms with Crippen LogP contribution in [0, 0.1) is 11.3 Å². The van der Waals surface area contributed by atoms with Gasteiger partial charge in [0.05, 0.1) is 24.3 Å². The predicted octanol–water partition coefficient (Wildman–Crippen LogP) is 1.12. The van der Waals surface area contributed by atoms with E-state index in [1.54, 1.807) is 19.2 Å². The summed E-state index contributed by atoms with van der Waals surface area (Å²) in [5, 5.41) is 12.3. The lowest BCUT2D eigenvalue weighted by Crippen LogP contribution is -2.38. The summed E-state index contributed by atoms with van der Waals surface area (Å²) < 4.78 is 43.2. The number of hydrogen-bond donors (Lipinski definition) is 2. The highest BCUT2D eigenvalue weighted by atomic mass is 32.2. The molecule has 0 unspecified atom stereocenters. The Balaban J connectivity index is 1.59. The highest BCUT2D eigenvalue weighted by Crippen LogP contribution is 2.20. The van der Waals surface area contributed by atoms with Crippen LogP contribution in [0.1, 0.15) is 12.0 Å². The second-order valence-electron chi connectivity index (χ2n) is 7.22. The van der Waals surface area contributed by atoms with Crippen molar-refractivity contribution in [2.45, 2.75) is 11.3 Å². The highest BCUT2D eigenvalue weighted by Gasteiger charge is 2.15. The first-order valence-corrected chi connectivity index (χ1v) is 12.1. The van der Waals surface area contributed by atoms with Crippen LogP contribution in [0.3, 0.4) is 0 Å². The molecule has 12 heteroatoms. The van der Waals surface area contributed by atoms with Crippen LogP contribution in [0.15, 0.2) is 35.4 Å². The van der Waals surface area contributed by atoms with Crippen LogP contribution < -0.4 is 14.8 Å². The van der Waals surface area contributed by atoms with Gasteiger partial charge in [-0.3, -0.25) is 4.90 Å².